The Morgan fingerprint density at radius 1 is 1.02 bits per heavy atom. The van der Waals surface area contributed by atoms with Gasteiger partial charge in [0.25, 0.3) is 6.43 Å². The van der Waals surface area contributed by atoms with Gasteiger partial charge in [0.05, 0.1) is 41.6 Å². The summed E-state index contributed by atoms with van der Waals surface area (Å²) in [6.07, 6.45) is 3.72. The van der Waals surface area contributed by atoms with Gasteiger partial charge in [0.1, 0.15) is 18.5 Å². The van der Waals surface area contributed by atoms with Gasteiger partial charge in [-0.3, -0.25) is 0 Å². The molecule has 2 fully saturated rings. The highest BCUT2D eigenvalue weighted by atomic mass is 32.2. The molecular formula is C33H42F3N5O4S. The van der Waals surface area contributed by atoms with Crippen LogP contribution >= 0.6 is 0 Å². The third kappa shape index (κ3) is 7.74. The monoisotopic (exact) mass is 661 g/mol. The first-order valence-corrected chi connectivity index (χ1v) is 17.1. The van der Waals surface area contributed by atoms with E-state index in [4.69, 9.17) is 14.6 Å². The molecule has 9 nitrogen and oxygen atoms in total. The first-order valence-electron chi connectivity index (χ1n) is 15.6. The highest BCUT2D eigenvalue weighted by Crippen LogP contribution is 2.35. The second kappa shape index (κ2) is 15.0. The Hall–Kier alpha value is -3.44. The van der Waals surface area contributed by atoms with Crippen molar-refractivity contribution in [2.45, 2.75) is 74.1 Å². The fraction of sp³-hybridized carbons (Fsp3) is 0.515. The minimum atomic E-state index is -3.91. The van der Waals surface area contributed by atoms with E-state index in [1.54, 1.807) is 25.3 Å². The maximum Gasteiger partial charge on any atom is 0.261 e. The van der Waals surface area contributed by atoms with E-state index in [0.717, 1.165) is 57.3 Å². The molecule has 2 aliphatic rings. The van der Waals surface area contributed by atoms with E-state index in [9.17, 15) is 21.6 Å². The number of likely N-dealkylation sites (tertiary alicyclic amines) is 1. The Morgan fingerprint density at radius 3 is 2.39 bits per heavy atom. The van der Waals surface area contributed by atoms with Crippen LogP contribution in [0.5, 0.6) is 5.75 Å². The van der Waals surface area contributed by atoms with E-state index in [0.29, 0.717) is 28.7 Å². The van der Waals surface area contributed by atoms with Crippen LogP contribution in [0, 0.1) is 11.8 Å². The van der Waals surface area contributed by atoms with Gasteiger partial charge in [-0.15, -0.1) is 0 Å². The van der Waals surface area contributed by atoms with E-state index in [-0.39, 0.29) is 28.9 Å². The number of hydrogen-bond acceptors (Lipinski definition) is 7. The number of piperidine rings is 1. The standard InChI is InChI=1S/C33H42F3N5O4S/c1-44-25-14-17-40(18-15-25)23-10-8-22(9-11-23)39-28-6-3-7-30-27(28)19-24(41(30)31(21-34)33(35)36)5-4-16-38-29-13-12-26(46(37,42)43)20-32(29)45-2/h3,6-7,12-13,19-20,22-23,25,31,33,38-39H,8-11,14-18,21H2,1-2H3,(H2,37,42,43)/t22-,23+,31?. The molecule has 2 heterocycles. The van der Waals surface area contributed by atoms with Crippen molar-refractivity contribution < 1.29 is 31.1 Å². The molecule has 5 rings (SSSR count). The lowest BCUT2D eigenvalue weighted by Crippen LogP contribution is -2.45. The molecule has 13 heteroatoms. The number of halogens is 3. The van der Waals surface area contributed by atoms with Gasteiger partial charge in [-0.1, -0.05) is 12.0 Å². The lowest BCUT2D eigenvalue weighted by Gasteiger charge is -2.40. The number of methoxy groups -OCH3 is 2. The molecule has 0 bridgehead atoms. The van der Waals surface area contributed by atoms with Crippen molar-refractivity contribution in [1.29, 1.82) is 0 Å². The van der Waals surface area contributed by atoms with Crippen molar-refractivity contribution in [1.82, 2.24) is 9.47 Å². The van der Waals surface area contributed by atoms with Crippen LogP contribution in [-0.4, -0.2) is 83.0 Å². The number of anilines is 2. The Labute approximate surface area is 268 Å². The van der Waals surface area contributed by atoms with E-state index in [1.165, 1.54) is 29.9 Å². The second-order valence-electron chi connectivity index (χ2n) is 11.9. The third-order valence-electron chi connectivity index (χ3n) is 9.13. The van der Waals surface area contributed by atoms with Crippen LogP contribution in [0.3, 0.4) is 0 Å². The van der Waals surface area contributed by atoms with Crippen molar-refractivity contribution >= 4 is 32.3 Å². The number of sulfonamides is 1. The number of alkyl halides is 3. The third-order valence-corrected chi connectivity index (χ3v) is 10.0. The lowest BCUT2D eigenvalue weighted by molar-refractivity contribution is 0.0205. The number of hydrogen-bond donors (Lipinski definition) is 3. The molecule has 0 amide bonds. The predicted octanol–water partition coefficient (Wildman–Crippen LogP) is 5.37. The van der Waals surface area contributed by atoms with Gasteiger partial charge in [-0.2, -0.15) is 0 Å². The molecule has 0 radical (unpaired) electrons. The molecular weight excluding hydrogens is 619 g/mol. The van der Waals surface area contributed by atoms with Crippen LogP contribution in [-0.2, 0) is 14.8 Å². The zero-order valence-corrected chi connectivity index (χ0v) is 27.0. The van der Waals surface area contributed by atoms with Gasteiger partial charge in [-0.25, -0.2) is 26.7 Å². The second-order valence-corrected chi connectivity index (χ2v) is 13.4. The molecule has 4 N–H and O–H groups in total. The van der Waals surface area contributed by atoms with Gasteiger partial charge >= 0.3 is 0 Å². The van der Waals surface area contributed by atoms with Gasteiger partial charge in [0.2, 0.25) is 10.0 Å². The largest absolute Gasteiger partial charge is 0.495 e. The molecule has 1 saturated heterocycles. The molecule has 1 atom stereocenters. The number of rotatable bonds is 11. The van der Waals surface area contributed by atoms with E-state index >= 15 is 0 Å². The molecule has 250 valence electrons. The molecule has 2 aromatic carbocycles. The summed E-state index contributed by atoms with van der Waals surface area (Å²) >= 11 is 0. The van der Waals surface area contributed by atoms with Gasteiger partial charge in [0.15, 0.2) is 0 Å². The number of benzene rings is 2. The van der Waals surface area contributed by atoms with Crippen molar-refractivity contribution in [3.63, 3.8) is 0 Å². The van der Waals surface area contributed by atoms with Crippen LogP contribution in [0.4, 0.5) is 24.5 Å². The fourth-order valence-corrected chi connectivity index (χ4v) is 7.16. The first kappa shape index (κ1) is 33.9. The Morgan fingerprint density at radius 2 is 1.76 bits per heavy atom. The Bertz CT molecular complexity index is 1660. The Kier molecular flexibility index (Phi) is 11.0. The van der Waals surface area contributed by atoms with Crippen LogP contribution < -0.4 is 20.5 Å². The summed E-state index contributed by atoms with van der Waals surface area (Å²) in [4.78, 5) is 2.48. The summed E-state index contributed by atoms with van der Waals surface area (Å²) in [5, 5.41) is 12.6. The highest BCUT2D eigenvalue weighted by Gasteiger charge is 2.30. The zero-order chi connectivity index (χ0) is 32.8. The van der Waals surface area contributed by atoms with Gasteiger partial charge in [0, 0.05) is 49.4 Å². The maximum absolute atomic E-state index is 14.1. The van der Waals surface area contributed by atoms with Crippen molar-refractivity contribution in [3.05, 3.63) is 48.2 Å². The molecule has 46 heavy (non-hydrogen) atoms. The predicted molar refractivity (Wildman–Crippen MR) is 174 cm³/mol. The van der Waals surface area contributed by atoms with Gasteiger partial charge in [-0.05, 0) is 74.8 Å². The molecule has 1 saturated carbocycles. The molecule has 0 spiro atoms. The summed E-state index contributed by atoms with van der Waals surface area (Å²) in [6.45, 7) is 0.960. The quantitative estimate of drug-likeness (QED) is 0.237. The van der Waals surface area contributed by atoms with Crippen molar-refractivity contribution in [3.8, 4) is 17.6 Å². The van der Waals surface area contributed by atoms with Crippen LogP contribution in [0.2, 0.25) is 0 Å². The van der Waals surface area contributed by atoms with Crippen LogP contribution in [0.1, 0.15) is 50.3 Å². The van der Waals surface area contributed by atoms with Crippen LogP contribution in [0.25, 0.3) is 10.9 Å². The summed E-state index contributed by atoms with van der Waals surface area (Å²) in [6, 6.07) is 10.4. The van der Waals surface area contributed by atoms with Gasteiger partial charge < -0.3 is 29.6 Å². The van der Waals surface area contributed by atoms with E-state index in [2.05, 4.69) is 27.4 Å². The molecule has 1 aliphatic heterocycles. The number of nitrogens with zero attached hydrogens (tertiary/aromatic N) is 2. The summed E-state index contributed by atoms with van der Waals surface area (Å²) in [5.74, 6) is 6.12. The number of aromatic nitrogens is 1. The van der Waals surface area contributed by atoms with E-state index < -0.39 is 29.2 Å². The molecule has 1 aliphatic carbocycles. The minimum Gasteiger partial charge on any atom is -0.495 e. The van der Waals surface area contributed by atoms with Crippen LogP contribution in [0.15, 0.2) is 47.4 Å². The number of nitrogens with two attached hydrogens (primary N) is 1. The summed E-state index contributed by atoms with van der Waals surface area (Å²) in [7, 11) is -0.740. The average molecular weight is 662 g/mol. The smallest absolute Gasteiger partial charge is 0.261 e. The molecule has 3 aromatic rings. The molecule has 1 unspecified atom stereocenters. The fourth-order valence-electron chi connectivity index (χ4n) is 6.63. The normalized spacial score (nSPS) is 20.3. The Balaban J connectivity index is 1.33. The topological polar surface area (TPSA) is 111 Å². The number of primary sulfonamides is 1. The lowest BCUT2D eigenvalue weighted by atomic mass is 9.88. The van der Waals surface area contributed by atoms with E-state index in [1.807, 2.05) is 6.07 Å². The SMILES string of the molecule is COc1cc(S(N)(=O)=O)ccc1NCC#Cc1cc2c(N[C@H]3CC[C@@H](N4CCC(OC)CC4)CC3)cccc2n1C(CF)C(F)F. The highest BCUT2D eigenvalue weighted by molar-refractivity contribution is 7.89. The average Bonchev–Trinajstić information content (AvgIpc) is 3.42. The summed E-state index contributed by atoms with van der Waals surface area (Å²) < 4.78 is 77.6. The number of fused-ring (bicyclic) bond motifs is 1. The van der Waals surface area contributed by atoms with Crippen molar-refractivity contribution in [2.24, 2.45) is 5.14 Å². The summed E-state index contributed by atoms with van der Waals surface area (Å²) in [5.41, 5.74) is 2.04. The zero-order valence-electron chi connectivity index (χ0n) is 26.1. The maximum atomic E-state index is 14.1. The molecule has 1 aromatic heterocycles. The number of nitrogens with one attached hydrogen (secondary N) is 2. The first-order chi connectivity index (χ1) is 22.1. The minimum absolute atomic E-state index is 0.0824. The number of ether oxygens (including phenoxy) is 2. The van der Waals surface area contributed by atoms with Crippen molar-refractivity contribution in [2.75, 3.05) is 51.2 Å².